The normalized spacial score (nSPS) is 10.0. The standard InChI is InChI=1S/C10H12BrNO/c1-8(3-2-4-13)9-5-10(11)7-12-6-9/h5-7,13H,1-4H2. The maximum Gasteiger partial charge on any atom is 0.0434 e. The first-order valence-corrected chi connectivity index (χ1v) is 4.93. The molecule has 1 rings (SSSR count). The lowest BCUT2D eigenvalue weighted by Gasteiger charge is -2.03. The molecule has 3 heteroatoms. The molecule has 1 aromatic rings. The number of hydrogen-bond acceptors (Lipinski definition) is 2. The van der Waals surface area contributed by atoms with E-state index in [1.54, 1.807) is 12.4 Å². The van der Waals surface area contributed by atoms with Gasteiger partial charge in [-0.05, 0) is 46.0 Å². The molecule has 0 saturated carbocycles. The molecule has 0 radical (unpaired) electrons. The van der Waals surface area contributed by atoms with Gasteiger partial charge in [-0.3, -0.25) is 4.98 Å². The summed E-state index contributed by atoms with van der Waals surface area (Å²) in [6, 6.07) is 1.98. The van der Waals surface area contributed by atoms with Crippen LogP contribution in [-0.4, -0.2) is 16.7 Å². The summed E-state index contributed by atoms with van der Waals surface area (Å²) < 4.78 is 0.954. The maximum absolute atomic E-state index is 8.65. The molecule has 13 heavy (non-hydrogen) atoms. The molecule has 0 fully saturated rings. The molecule has 0 saturated heterocycles. The lowest BCUT2D eigenvalue weighted by Crippen LogP contribution is -1.88. The number of nitrogens with zero attached hydrogens (tertiary/aromatic N) is 1. The van der Waals surface area contributed by atoms with E-state index >= 15 is 0 Å². The van der Waals surface area contributed by atoms with E-state index in [2.05, 4.69) is 27.5 Å². The topological polar surface area (TPSA) is 33.1 Å². The summed E-state index contributed by atoms with van der Waals surface area (Å²) in [5, 5.41) is 8.65. The van der Waals surface area contributed by atoms with Gasteiger partial charge in [0.05, 0.1) is 0 Å². The van der Waals surface area contributed by atoms with Gasteiger partial charge < -0.3 is 5.11 Å². The highest BCUT2D eigenvalue weighted by molar-refractivity contribution is 9.10. The molecule has 0 unspecified atom stereocenters. The Morgan fingerprint density at radius 3 is 2.92 bits per heavy atom. The predicted octanol–water partition coefficient (Wildman–Crippen LogP) is 2.63. The number of pyridine rings is 1. The molecule has 0 spiro atoms. The second-order valence-corrected chi connectivity index (χ2v) is 3.74. The van der Waals surface area contributed by atoms with Gasteiger partial charge in [0.25, 0.3) is 0 Å². The van der Waals surface area contributed by atoms with Crippen molar-refractivity contribution in [3.05, 3.63) is 35.1 Å². The fourth-order valence-corrected chi connectivity index (χ4v) is 1.41. The van der Waals surface area contributed by atoms with E-state index in [-0.39, 0.29) is 6.61 Å². The van der Waals surface area contributed by atoms with Crippen LogP contribution in [0.15, 0.2) is 29.5 Å². The lowest BCUT2D eigenvalue weighted by atomic mass is 10.1. The van der Waals surface area contributed by atoms with E-state index in [4.69, 9.17) is 5.11 Å². The summed E-state index contributed by atoms with van der Waals surface area (Å²) in [5.41, 5.74) is 2.05. The summed E-state index contributed by atoms with van der Waals surface area (Å²) in [4.78, 5) is 4.04. The number of aromatic nitrogens is 1. The summed E-state index contributed by atoms with van der Waals surface area (Å²) in [6.07, 6.45) is 5.09. The van der Waals surface area contributed by atoms with Crippen LogP contribution in [0.5, 0.6) is 0 Å². The van der Waals surface area contributed by atoms with Gasteiger partial charge in [0.15, 0.2) is 0 Å². The van der Waals surface area contributed by atoms with Crippen molar-refractivity contribution in [1.82, 2.24) is 4.98 Å². The van der Waals surface area contributed by atoms with Crippen molar-refractivity contribution in [2.24, 2.45) is 0 Å². The molecule has 0 aromatic carbocycles. The van der Waals surface area contributed by atoms with Gasteiger partial charge in [-0.2, -0.15) is 0 Å². The zero-order valence-corrected chi connectivity index (χ0v) is 8.92. The second kappa shape index (κ2) is 5.14. The zero-order chi connectivity index (χ0) is 9.68. The van der Waals surface area contributed by atoms with E-state index in [9.17, 15) is 0 Å². The Bertz CT molecular complexity index is 299. The molecule has 0 aliphatic carbocycles. The summed E-state index contributed by atoms with van der Waals surface area (Å²) in [6.45, 7) is 4.14. The van der Waals surface area contributed by atoms with Crippen LogP contribution in [0, 0.1) is 0 Å². The summed E-state index contributed by atoms with van der Waals surface area (Å²) in [5.74, 6) is 0. The number of allylic oxidation sites excluding steroid dienone is 1. The smallest absolute Gasteiger partial charge is 0.0434 e. The maximum atomic E-state index is 8.65. The minimum absolute atomic E-state index is 0.209. The van der Waals surface area contributed by atoms with Crippen LogP contribution >= 0.6 is 15.9 Å². The van der Waals surface area contributed by atoms with Gasteiger partial charge in [0.2, 0.25) is 0 Å². The molecule has 1 heterocycles. The van der Waals surface area contributed by atoms with Crippen LogP contribution in [-0.2, 0) is 0 Å². The van der Waals surface area contributed by atoms with Crippen LogP contribution in [0.25, 0.3) is 5.57 Å². The van der Waals surface area contributed by atoms with Gasteiger partial charge in [-0.1, -0.05) is 6.58 Å². The van der Waals surface area contributed by atoms with Crippen molar-refractivity contribution in [2.75, 3.05) is 6.61 Å². The van der Waals surface area contributed by atoms with Crippen molar-refractivity contribution in [1.29, 1.82) is 0 Å². The van der Waals surface area contributed by atoms with Gasteiger partial charge in [-0.25, -0.2) is 0 Å². The zero-order valence-electron chi connectivity index (χ0n) is 7.33. The van der Waals surface area contributed by atoms with Crippen LogP contribution in [0.1, 0.15) is 18.4 Å². The van der Waals surface area contributed by atoms with Gasteiger partial charge in [0.1, 0.15) is 0 Å². The Morgan fingerprint density at radius 1 is 1.54 bits per heavy atom. The van der Waals surface area contributed by atoms with Gasteiger partial charge >= 0.3 is 0 Å². The van der Waals surface area contributed by atoms with Crippen molar-refractivity contribution < 1.29 is 5.11 Å². The molecule has 2 nitrogen and oxygen atoms in total. The fraction of sp³-hybridized carbons (Fsp3) is 0.300. The average molecular weight is 242 g/mol. The Balaban J connectivity index is 2.66. The average Bonchev–Trinajstić information content (AvgIpc) is 2.14. The van der Waals surface area contributed by atoms with E-state index < -0.39 is 0 Å². The minimum atomic E-state index is 0.209. The molecular formula is C10H12BrNO. The Hall–Kier alpha value is -0.670. The molecule has 0 atom stereocenters. The first-order chi connectivity index (χ1) is 6.24. The third-order valence-corrected chi connectivity index (χ3v) is 2.18. The largest absolute Gasteiger partial charge is 0.396 e. The number of aliphatic hydroxyl groups is 1. The van der Waals surface area contributed by atoms with E-state index in [1.165, 1.54) is 0 Å². The third kappa shape index (κ3) is 3.28. The highest BCUT2D eigenvalue weighted by Gasteiger charge is 1.99. The lowest BCUT2D eigenvalue weighted by molar-refractivity contribution is 0.290. The number of rotatable bonds is 4. The summed E-state index contributed by atoms with van der Waals surface area (Å²) >= 11 is 3.35. The number of aliphatic hydroxyl groups excluding tert-OH is 1. The van der Waals surface area contributed by atoms with Gasteiger partial charge in [0, 0.05) is 23.5 Å². The molecule has 0 aliphatic rings. The first-order valence-electron chi connectivity index (χ1n) is 4.13. The SMILES string of the molecule is C=C(CCCO)c1cncc(Br)c1. The monoisotopic (exact) mass is 241 g/mol. The highest BCUT2D eigenvalue weighted by Crippen LogP contribution is 2.19. The van der Waals surface area contributed by atoms with Crippen LogP contribution < -0.4 is 0 Å². The van der Waals surface area contributed by atoms with Crippen LogP contribution in [0.2, 0.25) is 0 Å². The van der Waals surface area contributed by atoms with E-state index in [0.717, 1.165) is 28.5 Å². The van der Waals surface area contributed by atoms with Gasteiger partial charge in [-0.15, -0.1) is 0 Å². The first kappa shape index (κ1) is 10.4. The summed E-state index contributed by atoms with van der Waals surface area (Å²) in [7, 11) is 0. The number of halogens is 1. The Kier molecular flexibility index (Phi) is 4.12. The molecule has 1 aromatic heterocycles. The van der Waals surface area contributed by atoms with Crippen molar-refractivity contribution in [2.45, 2.75) is 12.8 Å². The number of hydrogen-bond donors (Lipinski definition) is 1. The molecule has 0 aliphatic heterocycles. The van der Waals surface area contributed by atoms with Crippen LogP contribution in [0.3, 0.4) is 0 Å². The molecule has 0 bridgehead atoms. The second-order valence-electron chi connectivity index (χ2n) is 2.82. The Labute approximate surface area is 86.4 Å². The van der Waals surface area contributed by atoms with Crippen molar-refractivity contribution in [3.63, 3.8) is 0 Å². The Morgan fingerprint density at radius 2 is 2.31 bits per heavy atom. The minimum Gasteiger partial charge on any atom is -0.396 e. The molecule has 70 valence electrons. The predicted molar refractivity (Wildman–Crippen MR) is 57.3 cm³/mol. The van der Waals surface area contributed by atoms with Crippen molar-refractivity contribution in [3.8, 4) is 0 Å². The van der Waals surface area contributed by atoms with Crippen molar-refractivity contribution >= 4 is 21.5 Å². The van der Waals surface area contributed by atoms with E-state index in [0.29, 0.717) is 0 Å². The highest BCUT2D eigenvalue weighted by atomic mass is 79.9. The molecular weight excluding hydrogens is 230 g/mol. The van der Waals surface area contributed by atoms with E-state index in [1.807, 2.05) is 6.07 Å². The quantitative estimate of drug-likeness (QED) is 0.880. The molecule has 1 N–H and O–H groups in total. The molecule has 0 amide bonds. The third-order valence-electron chi connectivity index (χ3n) is 1.75. The fourth-order valence-electron chi connectivity index (χ4n) is 1.04. The van der Waals surface area contributed by atoms with Crippen LogP contribution in [0.4, 0.5) is 0 Å².